The number of aromatic nitrogens is 4. The van der Waals surface area contributed by atoms with Crippen molar-refractivity contribution in [1.82, 2.24) is 29.8 Å². The first-order valence-corrected chi connectivity index (χ1v) is 7.86. The summed E-state index contributed by atoms with van der Waals surface area (Å²) >= 11 is 1.13. The lowest BCUT2D eigenvalue weighted by Crippen LogP contribution is -2.44. The molecule has 23 heavy (non-hydrogen) atoms. The standard InChI is InChI=1S/C13H18N6O3S/c1-7-5-10(21)19-12(14-7)16-13(17-19)23-6-9(20)15-8(2)11(22)18(3)4/h5,8H,6H2,1-4H3,(H,15,20)(H,14,16,17). The third-order valence-electron chi connectivity index (χ3n) is 2.97. The fourth-order valence-electron chi connectivity index (χ4n) is 1.90. The summed E-state index contributed by atoms with van der Waals surface area (Å²) < 4.78 is 1.21. The fourth-order valence-corrected chi connectivity index (χ4v) is 2.56. The molecule has 9 nitrogen and oxygen atoms in total. The molecule has 124 valence electrons. The van der Waals surface area contributed by atoms with Crippen LogP contribution in [-0.4, -0.2) is 62.2 Å². The molecule has 2 aromatic rings. The molecule has 0 saturated heterocycles. The molecule has 10 heteroatoms. The zero-order valence-electron chi connectivity index (χ0n) is 13.3. The van der Waals surface area contributed by atoms with E-state index in [1.54, 1.807) is 27.9 Å². The van der Waals surface area contributed by atoms with E-state index in [9.17, 15) is 14.4 Å². The first kappa shape index (κ1) is 17.0. The highest BCUT2D eigenvalue weighted by molar-refractivity contribution is 7.99. The minimum atomic E-state index is -0.597. The Morgan fingerprint density at radius 2 is 2.13 bits per heavy atom. The van der Waals surface area contributed by atoms with Crippen molar-refractivity contribution < 1.29 is 9.59 Å². The van der Waals surface area contributed by atoms with Crippen LogP contribution in [0.2, 0.25) is 0 Å². The number of hydrogen-bond acceptors (Lipinski definition) is 6. The number of nitrogens with zero attached hydrogens (tertiary/aromatic N) is 4. The molecule has 2 heterocycles. The van der Waals surface area contributed by atoms with Gasteiger partial charge in [0.2, 0.25) is 11.8 Å². The van der Waals surface area contributed by atoms with Crippen LogP contribution >= 0.6 is 11.8 Å². The number of carbonyl (C=O) groups excluding carboxylic acids is 2. The molecule has 2 amide bonds. The van der Waals surface area contributed by atoms with Crippen LogP contribution in [0.15, 0.2) is 16.0 Å². The van der Waals surface area contributed by atoms with Gasteiger partial charge in [0.1, 0.15) is 6.04 Å². The van der Waals surface area contributed by atoms with Crippen LogP contribution in [0.5, 0.6) is 0 Å². The van der Waals surface area contributed by atoms with E-state index < -0.39 is 6.04 Å². The molecule has 1 atom stereocenters. The van der Waals surface area contributed by atoms with E-state index in [0.717, 1.165) is 11.8 Å². The Bertz CT molecular complexity index is 797. The van der Waals surface area contributed by atoms with Gasteiger partial charge in [-0.3, -0.25) is 19.5 Å². The monoisotopic (exact) mass is 338 g/mol. The summed E-state index contributed by atoms with van der Waals surface area (Å²) in [5.74, 6) is -0.152. The molecule has 0 bridgehead atoms. The Hall–Kier alpha value is -2.36. The summed E-state index contributed by atoms with van der Waals surface area (Å²) in [5, 5.41) is 5.79. The molecule has 0 saturated carbocycles. The second-order valence-corrected chi connectivity index (χ2v) is 6.17. The second-order valence-electron chi connectivity index (χ2n) is 5.21. The van der Waals surface area contributed by atoms with Gasteiger partial charge >= 0.3 is 0 Å². The van der Waals surface area contributed by atoms with E-state index in [2.05, 4.69) is 20.4 Å². The molecule has 2 rings (SSSR count). The van der Waals surface area contributed by atoms with Crippen molar-refractivity contribution in [3.8, 4) is 0 Å². The molecule has 2 aromatic heterocycles. The quantitative estimate of drug-likeness (QED) is 0.705. The third kappa shape index (κ3) is 4.09. The SMILES string of the molecule is Cc1cc(=O)n2[nH]c(SCC(=O)NC(C)C(=O)N(C)C)nc2n1. The smallest absolute Gasteiger partial charge is 0.274 e. The van der Waals surface area contributed by atoms with Gasteiger partial charge in [-0.2, -0.15) is 9.50 Å². The summed E-state index contributed by atoms with van der Waals surface area (Å²) in [7, 11) is 3.25. The van der Waals surface area contributed by atoms with E-state index >= 15 is 0 Å². The van der Waals surface area contributed by atoms with Crippen LogP contribution in [0.25, 0.3) is 5.78 Å². The van der Waals surface area contributed by atoms with Crippen molar-refractivity contribution in [1.29, 1.82) is 0 Å². The summed E-state index contributed by atoms with van der Waals surface area (Å²) in [6.45, 7) is 3.33. The summed E-state index contributed by atoms with van der Waals surface area (Å²) in [4.78, 5) is 45.0. The van der Waals surface area contributed by atoms with E-state index in [-0.39, 0.29) is 28.9 Å². The molecule has 0 aromatic carbocycles. The number of nitrogens with one attached hydrogen (secondary N) is 2. The molecule has 2 N–H and O–H groups in total. The number of aryl methyl sites for hydroxylation is 1. The maximum absolute atomic E-state index is 11.9. The minimum absolute atomic E-state index is 0.0681. The van der Waals surface area contributed by atoms with Gasteiger partial charge in [-0.1, -0.05) is 11.8 Å². The zero-order chi connectivity index (χ0) is 17.1. The van der Waals surface area contributed by atoms with Crippen LogP contribution in [0.1, 0.15) is 12.6 Å². The Kier molecular flexibility index (Phi) is 5.04. The number of amides is 2. The van der Waals surface area contributed by atoms with Crippen molar-refractivity contribution in [3.63, 3.8) is 0 Å². The topological polar surface area (TPSA) is 112 Å². The first-order chi connectivity index (χ1) is 10.8. The maximum Gasteiger partial charge on any atom is 0.274 e. The number of likely N-dealkylation sites (N-methyl/N-ethyl adjacent to an activating group) is 1. The van der Waals surface area contributed by atoms with Gasteiger partial charge in [-0.05, 0) is 13.8 Å². The largest absolute Gasteiger partial charge is 0.347 e. The van der Waals surface area contributed by atoms with Crippen LogP contribution in [0.4, 0.5) is 0 Å². The zero-order valence-corrected chi connectivity index (χ0v) is 14.1. The highest BCUT2D eigenvalue weighted by Gasteiger charge is 2.17. The van der Waals surface area contributed by atoms with Gasteiger partial charge in [0, 0.05) is 25.9 Å². The van der Waals surface area contributed by atoms with Crippen molar-refractivity contribution in [2.24, 2.45) is 0 Å². The Labute approximate surface area is 136 Å². The van der Waals surface area contributed by atoms with E-state index in [1.165, 1.54) is 15.5 Å². The normalized spacial score (nSPS) is 12.2. The summed E-state index contributed by atoms with van der Waals surface area (Å²) in [6, 6.07) is 0.793. The van der Waals surface area contributed by atoms with Crippen molar-refractivity contribution in [3.05, 3.63) is 22.1 Å². The number of aromatic amines is 1. The van der Waals surface area contributed by atoms with Crippen LogP contribution in [0.3, 0.4) is 0 Å². The highest BCUT2D eigenvalue weighted by Crippen LogP contribution is 2.12. The lowest BCUT2D eigenvalue weighted by molar-refractivity contribution is -0.133. The molecule has 0 fully saturated rings. The number of H-pyrrole nitrogens is 1. The van der Waals surface area contributed by atoms with E-state index in [0.29, 0.717) is 10.9 Å². The molecule has 0 radical (unpaired) electrons. The molecular weight excluding hydrogens is 320 g/mol. The third-order valence-corrected chi connectivity index (χ3v) is 3.83. The number of thioether (sulfide) groups is 1. The lowest BCUT2D eigenvalue weighted by atomic mass is 10.3. The van der Waals surface area contributed by atoms with Crippen molar-refractivity contribution >= 4 is 29.4 Å². The Balaban J connectivity index is 1.98. The second kappa shape index (κ2) is 6.82. The number of carbonyl (C=O) groups is 2. The van der Waals surface area contributed by atoms with Gasteiger partial charge in [-0.15, -0.1) is 0 Å². The predicted octanol–water partition coefficient (Wildman–Crippen LogP) is -0.589. The maximum atomic E-state index is 11.9. The van der Waals surface area contributed by atoms with Crippen molar-refractivity contribution in [2.45, 2.75) is 25.0 Å². The lowest BCUT2D eigenvalue weighted by Gasteiger charge is -2.17. The first-order valence-electron chi connectivity index (χ1n) is 6.87. The van der Waals surface area contributed by atoms with Crippen LogP contribution < -0.4 is 10.9 Å². The number of fused-ring (bicyclic) bond motifs is 1. The number of hydrogen-bond donors (Lipinski definition) is 2. The molecule has 0 aliphatic rings. The fraction of sp³-hybridized carbons (Fsp3) is 0.462. The van der Waals surface area contributed by atoms with Crippen LogP contribution in [0, 0.1) is 6.92 Å². The van der Waals surface area contributed by atoms with Gasteiger partial charge in [0.15, 0.2) is 5.16 Å². The predicted molar refractivity (Wildman–Crippen MR) is 85.4 cm³/mol. The average Bonchev–Trinajstić information content (AvgIpc) is 2.87. The molecule has 0 aliphatic heterocycles. The van der Waals surface area contributed by atoms with Crippen LogP contribution in [-0.2, 0) is 9.59 Å². The van der Waals surface area contributed by atoms with Crippen molar-refractivity contribution in [2.75, 3.05) is 19.8 Å². The summed E-state index contributed by atoms with van der Waals surface area (Å²) in [6.07, 6.45) is 0. The molecular formula is C13H18N6O3S. The molecule has 1 unspecified atom stereocenters. The average molecular weight is 338 g/mol. The number of rotatable bonds is 5. The Morgan fingerprint density at radius 1 is 1.43 bits per heavy atom. The minimum Gasteiger partial charge on any atom is -0.347 e. The van der Waals surface area contributed by atoms with Gasteiger partial charge in [-0.25, -0.2) is 4.98 Å². The molecule has 0 aliphatic carbocycles. The van der Waals surface area contributed by atoms with E-state index in [1.807, 2.05) is 0 Å². The van der Waals surface area contributed by atoms with Gasteiger partial charge < -0.3 is 10.2 Å². The Morgan fingerprint density at radius 3 is 2.78 bits per heavy atom. The molecule has 0 spiro atoms. The van der Waals surface area contributed by atoms with E-state index in [4.69, 9.17) is 0 Å². The van der Waals surface area contributed by atoms with Gasteiger partial charge in [0.25, 0.3) is 11.3 Å². The highest BCUT2D eigenvalue weighted by atomic mass is 32.2. The summed E-state index contributed by atoms with van der Waals surface area (Å²) in [5.41, 5.74) is 0.313. The van der Waals surface area contributed by atoms with Gasteiger partial charge in [0.05, 0.1) is 5.75 Å².